The van der Waals surface area contributed by atoms with Crippen LogP contribution in [0.2, 0.25) is 0 Å². The average molecular weight is 414 g/mol. The molecule has 0 saturated carbocycles. The van der Waals surface area contributed by atoms with E-state index in [0.717, 1.165) is 17.4 Å². The van der Waals surface area contributed by atoms with E-state index in [-0.39, 0.29) is 0 Å². The van der Waals surface area contributed by atoms with Crippen LogP contribution >= 0.6 is 31.9 Å². The van der Waals surface area contributed by atoms with Crippen molar-refractivity contribution in [3.8, 4) is 0 Å². The molecule has 0 saturated heterocycles. The third-order valence-corrected chi connectivity index (χ3v) is 5.99. The van der Waals surface area contributed by atoms with Crippen LogP contribution in [0.25, 0.3) is 0 Å². The first kappa shape index (κ1) is 17.1. The zero-order valence-electron chi connectivity index (χ0n) is 11.2. The molecule has 4 nitrogen and oxygen atoms in total. The van der Waals surface area contributed by atoms with Crippen molar-refractivity contribution in [2.24, 2.45) is 0 Å². The van der Waals surface area contributed by atoms with Crippen molar-refractivity contribution >= 4 is 41.9 Å². The van der Waals surface area contributed by atoms with Gasteiger partial charge in [0.25, 0.3) is 0 Å². The van der Waals surface area contributed by atoms with Crippen molar-refractivity contribution in [2.75, 3.05) is 34.2 Å². The highest BCUT2D eigenvalue weighted by Crippen LogP contribution is 2.27. The normalized spacial score (nSPS) is 12.4. The summed E-state index contributed by atoms with van der Waals surface area (Å²) in [6.45, 7) is 1.37. The third kappa shape index (κ3) is 4.82. The largest absolute Gasteiger partial charge is 0.309 e. The van der Waals surface area contributed by atoms with Gasteiger partial charge < -0.3 is 4.90 Å². The van der Waals surface area contributed by atoms with Gasteiger partial charge in [-0.1, -0.05) is 15.9 Å². The lowest BCUT2D eigenvalue weighted by molar-refractivity contribution is 0.370. The van der Waals surface area contributed by atoms with Gasteiger partial charge in [0.05, 0.1) is 4.90 Å². The number of hydrogen-bond donors (Lipinski definition) is 0. The Morgan fingerprint density at radius 1 is 1.11 bits per heavy atom. The molecule has 7 heteroatoms. The fourth-order valence-electron chi connectivity index (χ4n) is 1.58. The zero-order valence-corrected chi connectivity index (χ0v) is 15.2. The average Bonchev–Trinajstić information content (AvgIpc) is 2.27. The molecule has 1 aromatic rings. The minimum atomic E-state index is -3.44. The maximum absolute atomic E-state index is 12.4. The molecule has 1 aromatic carbocycles. The summed E-state index contributed by atoms with van der Waals surface area (Å²) < 4.78 is 27.6. The summed E-state index contributed by atoms with van der Waals surface area (Å²) in [6.07, 6.45) is 0.802. The molecule has 0 heterocycles. The number of hydrogen-bond acceptors (Lipinski definition) is 3. The molecule has 0 amide bonds. The Hall–Kier alpha value is 0.0500. The lowest BCUT2D eigenvalue weighted by Gasteiger charge is -2.19. The summed E-state index contributed by atoms with van der Waals surface area (Å²) in [5.74, 6) is 0. The Bertz CT molecular complexity index is 533. The smallest absolute Gasteiger partial charge is 0.243 e. The van der Waals surface area contributed by atoms with Gasteiger partial charge in [0.1, 0.15) is 0 Å². The number of rotatable bonds is 6. The molecular weight excluding hydrogens is 396 g/mol. The number of sulfonamides is 1. The Kier molecular flexibility index (Phi) is 6.46. The van der Waals surface area contributed by atoms with E-state index in [2.05, 4.69) is 31.9 Å². The molecule has 0 aliphatic carbocycles. The van der Waals surface area contributed by atoms with Gasteiger partial charge in [-0.15, -0.1) is 0 Å². The van der Waals surface area contributed by atoms with E-state index in [9.17, 15) is 8.42 Å². The highest BCUT2D eigenvalue weighted by atomic mass is 79.9. The van der Waals surface area contributed by atoms with Gasteiger partial charge >= 0.3 is 0 Å². The van der Waals surface area contributed by atoms with Crippen molar-refractivity contribution in [3.05, 3.63) is 27.1 Å². The van der Waals surface area contributed by atoms with E-state index >= 15 is 0 Å². The Morgan fingerprint density at radius 2 is 1.74 bits per heavy atom. The minimum absolute atomic E-state index is 0.294. The van der Waals surface area contributed by atoms with Crippen LogP contribution in [0, 0.1) is 0 Å². The summed E-state index contributed by atoms with van der Waals surface area (Å²) in [5, 5.41) is 0. The van der Waals surface area contributed by atoms with E-state index in [4.69, 9.17) is 0 Å². The summed E-state index contributed by atoms with van der Waals surface area (Å²) >= 11 is 6.61. The molecule has 0 atom stereocenters. The number of nitrogens with zero attached hydrogens (tertiary/aromatic N) is 2. The number of halogens is 2. The first-order valence-corrected chi connectivity index (χ1v) is 8.84. The van der Waals surface area contributed by atoms with Gasteiger partial charge in [-0.3, -0.25) is 0 Å². The first-order chi connectivity index (χ1) is 8.75. The number of benzene rings is 1. The zero-order chi connectivity index (χ0) is 14.6. The van der Waals surface area contributed by atoms with Gasteiger partial charge in [-0.05, 0) is 61.2 Å². The maximum Gasteiger partial charge on any atom is 0.243 e. The Balaban J connectivity index is 2.85. The summed E-state index contributed by atoms with van der Waals surface area (Å²) in [4.78, 5) is 2.33. The molecule has 0 bridgehead atoms. The lowest BCUT2D eigenvalue weighted by Crippen LogP contribution is -2.30. The van der Waals surface area contributed by atoms with Crippen LogP contribution in [0.3, 0.4) is 0 Å². The lowest BCUT2D eigenvalue weighted by atomic mass is 10.4. The van der Waals surface area contributed by atoms with Gasteiger partial charge in [0.2, 0.25) is 10.0 Å². The fourth-order valence-corrected chi connectivity index (χ4v) is 4.49. The molecule has 0 aliphatic heterocycles. The highest BCUT2D eigenvalue weighted by Gasteiger charge is 2.22. The first-order valence-electron chi connectivity index (χ1n) is 5.81. The molecular formula is C12H18Br2N2O2S. The van der Waals surface area contributed by atoms with Gasteiger partial charge in [0.15, 0.2) is 0 Å². The second-order valence-electron chi connectivity index (χ2n) is 4.56. The van der Waals surface area contributed by atoms with Crippen LogP contribution in [0.1, 0.15) is 6.42 Å². The van der Waals surface area contributed by atoms with Crippen molar-refractivity contribution < 1.29 is 8.42 Å². The van der Waals surface area contributed by atoms with E-state index in [1.807, 2.05) is 19.0 Å². The predicted octanol–water partition coefficient (Wildman–Crippen LogP) is 2.78. The van der Waals surface area contributed by atoms with E-state index in [1.165, 1.54) is 4.31 Å². The summed E-state index contributed by atoms with van der Waals surface area (Å²) in [6, 6.07) is 5.07. The Labute approximate surface area is 132 Å². The summed E-state index contributed by atoms with van der Waals surface area (Å²) in [7, 11) is 2.12. The van der Waals surface area contributed by atoms with E-state index < -0.39 is 10.0 Å². The van der Waals surface area contributed by atoms with Crippen molar-refractivity contribution in [1.29, 1.82) is 0 Å². The topological polar surface area (TPSA) is 40.6 Å². The van der Waals surface area contributed by atoms with Crippen LogP contribution in [-0.2, 0) is 10.0 Å². The third-order valence-electron chi connectivity index (χ3n) is 2.66. The maximum atomic E-state index is 12.4. The molecule has 0 spiro atoms. The minimum Gasteiger partial charge on any atom is -0.309 e. The molecule has 1 rings (SSSR count). The van der Waals surface area contributed by atoms with Crippen LogP contribution in [-0.4, -0.2) is 51.9 Å². The predicted molar refractivity (Wildman–Crippen MR) is 84.8 cm³/mol. The highest BCUT2D eigenvalue weighted by molar-refractivity contribution is 9.11. The molecule has 0 fully saturated rings. The van der Waals surface area contributed by atoms with E-state index in [1.54, 1.807) is 25.2 Å². The van der Waals surface area contributed by atoms with Crippen LogP contribution in [0.4, 0.5) is 0 Å². The molecule has 19 heavy (non-hydrogen) atoms. The van der Waals surface area contributed by atoms with Crippen molar-refractivity contribution in [1.82, 2.24) is 9.21 Å². The van der Waals surface area contributed by atoms with Gasteiger partial charge in [0, 0.05) is 22.5 Å². The van der Waals surface area contributed by atoms with Crippen LogP contribution in [0.15, 0.2) is 32.0 Å². The van der Waals surface area contributed by atoms with Crippen LogP contribution < -0.4 is 0 Å². The second-order valence-corrected chi connectivity index (χ2v) is 8.34. The van der Waals surface area contributed by atoms with Crippen molar-refractivity contribution in [2.45, 2.75) is 11.3 Å². The van der Waals surface area contributed by atoms with E-state index in [0.29, 0.717) is 15.9 Å². The monoisotopic (exact) mass is 412 g/mol. The van der Waals surface area contributed by atoms with Crippen LogP contribution in [0.5, 0.6) is 0 Å². The van der Waals surface area contributed by atoms with Gasteiger partial charge in [-0.25, -0.2) is 12.7 Å². The molecule has 0 radical (unpaired) electrons. The second kappa shape index (κ2) is 7.17. The quantitative estimate of drug-likeness (QED) is 0.719. The molecule has 0 N–H and O–H groups in total. The summed E-state index contributed by atoms with van der Waals surface area (Å²) in [5.41, 5.74) is 0. The molecule has 0 aliphatic rings. The fraction of sp³-hybridized carbons (Fsp3) is 0.500. The van der Waals surface area contributed by atoms with Gasteiger partial charge in [-0.2, -0.15) is 0 Å². The molecule has 0 unspecified atom stereocenters. The molecule has 108 valence electrons. The Morgan fingerprint density at radius 3 is 2.26 bits per heavy atom. The standard InChI is InChI=1S/C12H18Br2N2O2S/c1-15(2)7-4-8-16(3)19(17,18)12-6-5-10(13)9-11(12)14/h5-6,9H,4,7-8H2,1-3H3. The van der Waals surface area contributed by atoms with Crippen molar-refractivity contribution in [3.63, 3.8) is 0 Å². The molecule has 0 aromatic heterocycles. The SMILES string of the molecule is CN(C)CCCN(C)S(=O)(=O)c1ccc(Br)cc1Br.